The zero-order chi connectivity index (χ0) is 14.1. The number of aromatic nitrogens is 2. The molecule has 0 saturated heterocycles. The van der Waals surface area contributed by atoms with Crippen LogP contribution < -0.4 is 15.2 Å². The van der Waals surface area contributed by atoms with Gasteiger partial charge < -0.3 is 15.2 Å². The molecule has 1 unspecified atom stereocenters. The van der Waals surface area contributed by atoms with E-state index in [1.165, 1.54) is 0 Å². The number of hydrogen-bond acceptors (Lipinski definition) is 4. The van der Waals surface area contributed by atoms with Gasteiger partial charge in [-0.05, 0) is 30.0 Å². The fourth-order valence-corrected chi connectivity index (χ4v) is 2.41. The zero-order valence-corrected chi connectivity index (χ0v) is 11.8. The third kappa shape index (κ3) is 2.19. The van der Waals surface area contributed by atoms with E-state index in [4.69, 9.17) is 15.2 Å². The Kier molecular flexibility index (Phi) is 3.26. The second kappa shape index (κ2) is 5.07. The highest BCUT2D eigenvalue weighted by molar-refractivity contribution is 5.78. The minimum Gasteiger partial charge on any atom is -0.454 e. The Morgan fingerprint density at radius 1 is 1.35 bits per heavy atom. The molecule has 0 aliphatic carbocycles. The molecule has 20 heavy (non-hydrogen) atoms. The molecule has 5 nitrogen and oxygen atoms in total. The first-order valence-corrected chi connectivity index (χ1v) is 6.91. The van der Waals surface area contributed by atoms with Gasteiger partial charge in [0, 0.05) is 11.3 Å². The average molecular weight is 273 g/mol. The van der Waals surface area contributed by atoms with Crippen LogP contribution in [0.2, 0.25) is 0 Å². The van der Waals surface area contributed by atoms with Gasteiger partial charge in [0.1, 0.15) is 0 Å². The lowest BCUT2D eigenvalue weighted by Crippen LogP contribution is -2.00. The molecular formula is C15H19N3O2. The summed E-state index contributed by atoms with van der Waals surface area (Å²) in [4.78, 5) is 0. The molecule has 0 spiro atoms. The van der Waals surface area contributed by atoms with Crippen molar-refractivity contribution in [3.8, 4) is 22.6 Å². The first-order valence-electron chi connectivity index (χ1n) is 6.91. The first-order chi connectivity index (χ1) is 9.69. The molecule has 0 saturated carbocycles. The van der Waals surface area contributed by atoms with Crippen LogP contribution in [0, 0.1) is 5.92 Å². The second-order valence-corrected chi connectivity index (χ2v) is 5.25. The van der Waals surface area contributed by atoms with Crippen molar-refractivity contribution in [2.75, 3.05) is 12.5 Å². The lowest BCUT2D eigenvalue weighted by Gasteiger charge is -2.09. The van der Waals surface area contributed by atoms with Gasteiger partial charge in [-0.2, -0.15) is 5.10 Å². The largest absolute Gasteiger partial charge is 0.454 e. The molecule has 3 N–H and O–H groups in total. The van der Waals surface area contributed by atoms with Gasteiger partial charge in [0.15, 0.2) is 17.3 Å². The third-order valence-electron chi connectivity index (χ3n) is 3.78. The summed E-state index contributed by atoms with van der Waals surface area (Å²) in [5, 5.41) is 7.21. The molecule has 0 bridgehead atoms. The second-order valence-electron chi connectivity index (χ2n) is 5.25. The van der Waals surface area contributed by atoms with E-state index in [1.54, 1.807) is 0 Å². The maximum absolute atomic E-state index is 6.02. The molecule has 1 aromatic heterocycles. The molecule has 1 aliphatic heterocycles. The summed E-state index contributed by atoms with van der Waals surface area (Å²) in [5.74, 6) is 2.65. The molecule has 0 amide bonds. The number of nitrogen functional groups attached to an aromatic ring is 1. The van der Waals surface area contributed by atoms with E-state index >= 15 is 0 Å². The highest BCUT2D eigenvalue weighted by atomic mass is 16.7. The van der Waals surface area contributed by atoms with Crippen molar-refractivity contribution in [2.45, 2.75) is 26.7 Å². The van der Waals surface area contributed by atoms with Gasteiger partial charge in [0.25, 0.3) is 0 Å². The quantitative estimate of drug-likeness (QED) is 0.898. The van der Waals surface area contributed by atoms with Crippen molar-refractivity contribution in [2.24, 2.45) is 5.92 Å². The number of nitrogens with one attached hydrogen (secondary N) is 1. The Balaban J connectivity index is 1.99. The van der Waals surface area contributed by atoms with Gasteiger partial charge in [0.05, 0.1) is 0 Å². The number of anilines is 1. The number of nitrogens with zero attached hydrogens (tertiary/aromatic N) is 1. The molecule has 3 rings (SSSR count). The summed E-state index contributed by atoms with van der Waals surface area (Å²) in [6.07, 6.45) is 2.06. The van der Waals surface area contributed by atoms with Gasteiger partial charge in [-0.3, -0.25) is 5.10 Å². The van der Waals surface area contributed by atoms with Crippen LogP contribution in [0.1, 0.15) is 26.0 Å². The Hall–Kier alpha value is -2.17. The number of H-pyrrole nitrogens is 1. The number of fused-ring (bicyclic) bond motifs is 1. The van der Waals surface area contributed by atoms with Crippen LogP contribution in [0.3, 0.4) is 0 Å². The minimum atomic E-state index is 0.277. The van der Waals surface area contributed by atoms with Crippen LogP contribution in [-0.4, -0.2) is 17.0 Å². The molecule has 0 fully saturated rings. The van der Waals surface area contributed by atoms with E-state index in [0.717, 1.165) is 41.2 Å². The van der Waals surface area contributed by atoms with E-state index in [9.17, 15) is 0 Å². The highest BCUT2D eigenvalue weighted by Crippen LogP contribution is 2.38. The van der Waals surface area contributed by atoms with Crippen LogP contribution in [-0.2, 0) is 6.42 Å². The predicted octanol–water partition coefficient (Wildman–Crippen LogP) is 2.98. The Morgan fingerprint density at radius 2 is 2.15 bits per heavy atom. The fourth-order valence-electron chi connectivity index (χ4n) is 2.41. The summed E-state index contributed by atoms with van der Waals surface area (Å²) in [6.45, 7) is 4.68. The van der Waals surface area contributed by atoms with Crippen LogP contribution >= 0.6 is 0 Å². The van der Waals surface area contributed by atoms with E-state index in [1.807, 2.05) is 18.2 Å². The molecule has 106 valence electrons. The molecule has 5 heteroatoms. The van der Waals surface area contributed by atoms with Gasteiger partial charge in [-0.25, -0.2) is 0 Å². The van der Waals surface area contributed by atoms with Crippen LogP contribution in [0.5, 0.6) is 11.5 Å². The molecule has 1 aromatic carbocycles. The normalized spacial score (nSPS) is 14.5. The number of nitrogens with two attached hydrogens (primary N) is 1. The predicted molar refractivity (Wildman–Crippen MR) is 77.7 cm³/mol. The Bertz CT molecular complexity index is 622. The smallest absolute Gasteiger partial charge is 0.231 e. The SMILES string of the molecule is CCC(C)Cc1[nH]nc(N)c1-c1ccc2c(c1)OCO2. The number of aromatic amines is 1. The van der Waals surface area contributed by atoms with Crippen molar-refractivity contribution in [3.63, 3.8) is 0 Å². The van der Waals surface area contributed by atoms with Crippen LogP contribution in [0.4, 0.5) is 5.82 Å². The molecule has 0 radical (unpaired) electrons. The molecule has 2 heterocycles. The van der Waals surface area contributed by atoms with Gasteiger partial charge in [-0.1, -0.05) is 26.3 Å². The topological polar surface area (TPSA) is 73.2 Å². The van der Waals surface area contributed by atoms with Gasteiger partial charge >= 0.3 is 0 Å². The van der Waals surface area contributed by atoms with E-state index in [0.29, 0.717) is 11.7 Å². The molecule has 2 aromatic rings. The summed E-state index contributed by atoms with van der Waals surface area (Å²) in [6, 6.07) is 5.87. The number of benzene rings is 1. The third-order valence-corrected chi connectivity index (χ3v) is 3.78. The lowest BCUT2D eigenvalue weighted by molar-refractivity contribution is 0.174. The number of ether oxygens (including phenoxy) is 2. The summed E-state index contributed by atoms with van der Waals surface area (Å²) >= 11 is 0. The van der Waals surface area contributed by atoms with E-state index in [-0.39, 0.29) is 6.79 Å². The zero-order valence-electron chi connectivity index (χ0n) is 11.8. The maximum Gasteiger partial charge on any atom is 0.231 e. The van der Waals surface area contributed by atoms with Crippen LogP contribution in [0.25, 0.3) is 11.1 Å². The van der Waals surface area contributed by atoms with Crippen molar-refractivity contribution >= 4 is 5.82 Å². The minimum absolute atomic E-state index is 0.277. The number of rotatable bonds is 4. The van der Waals surface area contributed by atoms with Crippen molar-refractivity contribution < 1.29 is 9.47 Å². The number of hydrogen-bond donors (Lipinski definition) is 2. The van der Waals surface area contributed by atoms with Crippen molar-refractivity contribution in [3.05, 3.63) is 23.9 Å². The Morgan fingerprint density at radius 3 is 2.95 bits per heavy atom. The highest BCUT2D eigenvalue weighted by Gasteiger charge is 2.19. The van der Waals surface area contributed by atoms with Crippen molar-refractivity contribution in [1.82, 2.24) is 10.2 Å². The maximum atomic E-state index is 6.02. The fraction of sp³-hybridized carbons (Fsp3) is 0.400. The monoisotopic (exact) mass is 273 g/mol. The first kappa shape index (κ1) is 12.8. The molecule has 1 atom stereocenters. The van der Waals surface area contributed by atoms with Crippen LogP contribution in [0.15, 0.2) is 18.2 Å². The summed E-state index contributed by atoms with van der Waals surface area (Å²) in [7, 11) is 0. The standard InChI is InChI=1S/C15H19N3O2/c1-3-9(2)6-11-14(15(16)18-17-11)10-4-5-12-13(7-10)20-8-19-12/h4-5,7,9H,3,6,8H2,1-2H3,(H3,16,17,18). The molecular weight excluding hydrogens is 254 g/mol. The van der Waals surface area contributed by atoms with Gasteiger partial charge in [0.2, 0.25) is 6.79 Å². The summed E-state index contributed by atoms with van der Waals surface area (Å²) < 4.78 is 10.8. The van der Waals surface area contributed by atoms with Gasteiger partial charge in [-0.15, -0.1) is 0 Å². The Labute approximate surface area is 118 Å². The summed E-state index contributed by atoms with van der Waals surface area (Å²) in [5.41, 5.74) is 9.09. The van der Waals surface area contributed by atoms with E-state index < -0.39 is 0 Å². The lowest BCUT2D eigenvalue weighted by atomic mass is 9.97. The molecule has 1 aliphatic rings. The van der Waals surface area contributed by atoms with E-state index in [2.05, 4.69) is 24.0 Å². The average Bonchev–Trinajstić information content (AvgIpc) is 3.04. The van der Waals surface area contributed by atoms with Crippen molar-refractivity contribution in [1.29, 1.82) is 0 Å².